The zero-order valence-electron chi connectivity index (χ0n) is 17.6. The molecule has 1 unspecified atom stereocenters. The van der Waals surface area contributed by atoms with Gasteiger partial charge in [0.15, 0.2) is 0 Å². The van der Waals surface area contributed by atoms with Crippen LogP contribution in [0.3, 0.4) is 0 Å². The van der Waals surface area contributed by atoms with Crippen molar-refractivity contribution in [1.82, 2.24) is 4.90 Å². The maximum Gasteiger partial charge on any atom is 0.295 e. The first-order valence-corrected chi connectivity index (χ1v) is 10.8. The number of carbonyl (C=O) groups is 2. The fraction of sp³-hybridized carbons (Fsp3) is 0.360. The number of rotatable bonds is 5. The SMILES string of the molecule is CCOc1cccc(/C(O)=C2/C(=O)C(=O)N(C3CCCCC3)C2c2cccc(O)c2)c1. The lowest BCUT2D eigenvalue weighted by atomic mass is 9.91. The molecule has 31 heavy (non-hydrogen) atoms. The largest absolute Gasteiger partial charge is 0.508 e. The number of likely N-dealkylation sites (tertiary alicyclic amines) is 1. The maximum absolute atomic E-state index is 13.1. The van der Waals surface area contributed by atoms with Crippen molar-refractivity contribution < 1.29 is 24.5 Å². The van der Waals surface area contributed by atoms with Gasteiger partial charge in [-0.1, -0.05) is 43.5 Å². The molecule has 1 saturated heterocycles. The lowest BCUT2D eigenvalue weighted by Gasteiger charge is -2.35. The summed E-state index contributed by atoms with van der Waals surface area (Å²) in [5, 5.41) is 21.2. The fourth-order valence-corrected chi connectivity index (χ4v) is 4.66. The molecule has 2 N–H and O–H groups in total. The number of hydrogen-bond acceptors (Lipinski definition) is 5. The molecule has 1 aliphatic heterocycles. The van der Waals surface area contributed by atoms with E-state index in [1.165, 1.54) is 0 Å². The normalized spacial score (nSPS) is 21.5. The molecule has 162 valence electrons. The van der Waals surface area contributed by atoms with Crippen molar-refractivity contribution in [3.8, 4) is 11.5 Å². The van der Waals surface area contributed by atoms with E-state index < -0.39 is 17.7 Å². The van der Waals surface area contributed by atoms with Crippen LogP contribution in [-0.4, -0.2) is 39.5 Å². The molecule has 6 nitrogen and oxygen atoms in total. The van der Waals surface area contributed by atoms with Gasteiger partial charge in [-0.15, -0.1) is 0 Å². The number of phenolic OH excluding ortho intramolecular Hbond substituents is 1. The van der Waals surface area contributed by atoms with Crippen LogP contribution in [0.4, 0.5) is 0 Å². The number of carbonyl (C=O) groups excluding carboxylic acids is 2. The Labute approximate surface area is 181 Å². The van der Waals surface area contributed by atoms with Crippen LogP contribution in [0, 0.1) is 0 Å². The average Bonchev–Trinajstić information content (AvgIpc) is 3.05. The number of ether oxygens (including phenoxy) is 1. The number of aromatic hydroxyl groups is 1. The number of amides is 1. The Bertz CT molecular complexity index is 1020. The van der Waals surface area contributed by atoms with Crippen LogP contribution >= 0.6 is 0 Å². The van der Waals surface area contributed by atoms with Gasteiger partial charge in [0.25, 0.3) is 11.7 Å². The van der Waals surface area contributed by atoms with Gasteiger partial charge < -0.3 is 19.8 Å². The first-order chi connectivity index (χ1) is 15.0. The molecule has 1 heterocycles. The smallest absolute Gasteiger partial charge is 0.295 e. The highest BCUT2D eigenvalue weighted by Crippen LogP contribution is 2.43. The summed E-state index contributed by atoms with van der Waals surface area (Å²) >= 11 is 0. The van der Waals surface area contributed by atoms with E-state index in [1.54, 1.807) is 53.4 Å². The number of nitrogens with zero attached hydrogens (tertiary/aromatic N) is 1. The molecule has 6 heteroatoms. The maximum atomic E-state index is 13.1. The number of aliphatic hydroxyl groups excluding tert-OH is 1. The van der Waals surface area contributed by atoms with Gasteiger partial charge in [-0.25, -0.2) is 0 Å². The molecule has 0 spiro atoms. The van der Waals surface area contributed by atoms with Gasteiger partial charge in [0.1, 0.15) is 17.3 Å². The van der Waals surface area contributed by atoms with Gasteiger partial charge in [0.05, 0.1) is 18.2 Å². The van der Waals surface area contributed by atoms with Crippen LogP contribution in [0.1, 0.15) is 56.2 Å². The van der Waals surface area contributed by atoms with E-state index in [0.717, 1.165) is 32.1 Å². The summed E-state index contributed by atoms with van der Waals surface area (Å²) in [5.74, 6) is -0.903. The van der Waals surface area contributed by atoms with Crippen LogP contribution in [0.25, 0.3) is 5.76 Å². The highest BCUT2D eigenvalue weighted by Gasteiger charge is 2.48. The number of Topliss-reactive ketones (excluding diaryl/α,β-unsaturated/α-hetero) is 1. The molecule has 2 fully saturated rings. The number of hydrogen-bond donors (Lipinski definition) is 2. The molecular formula is C25H27NO5. The monoisotopic (exact) mass is 421 g/mol. The summed E-state index contributed by atoms with van der Waals surface area (Å²) in [6.07, 6.45) is 4.75. The van der Waals surface area contributed by atoms with Gasteiger partial charge in [-0.3, -0.25) is 9.59 Å². The van der Waals surface area contributed by atoms with Gasteiger partial charge in [-0.2, -0.15) is 0 Å². The summed E-state index contributed by atoms with van der Waals surface area (Å²) < 4.78 is 5.52. The van der Waals surface area contributed by atoms with Gasteiger partial charge >= 0.3 is 0 Å². The third-order valence-corrected chi connectivity index (χ3v) is 6.05. The molecule has 2 aromatic carbocycles. The Kier molecular flexibility index (Phi) is 5.98. The van der Waals surface area contributed by atoms with E-state index >= 15 is 0 Å². The molecule has 0 radical (unpaired) electrons. The zero-order chi connectivity index (χ0) is 22.0. The molecule has 4 rings (SSSR count). The Morgan fingerprint density at radius 1 is 1.06 bits per heavy atom. The number of benzene rings is 2. The third kappa shape index (κ3) is 4.02. The highest BCUT2D eigenvalue weighted by molar-refractivity contribution is 6.46. The van der Waals surface area contributed by atoms with E-state index in [9.17, 15) is 19.8 Å². The van der Waals surface area contributed by atoms with Crippen LogP contribution in [-0.2, 0) is 9.59 Å². The summed E-state index contributed by atoms with van der Waals surface area (Å²) in [6, 6.07) is 12.6. The predicted molar refractivity (Wildman–Crippen MR) is 117 cm³/mol. The van der Waals surface area contributed by atoms with Crippen LogP contribution in [0.5, 0.6) is 11.5 Å². The Balaban J connectivity index is 1.86. The van der Waals surface area contributed by atoms with Crippen molar-refractivity contribution in [1.29, 1.82) is 0 Å². The zero-order valence-corrected chi connectivity index (χ0v) is 17.6. The van der Waals surface area contributed by atoms with Crippen molar-refractivity contribution >= 4 is 17.4 Å². The van der Waals surface area contributed by atoms with Gasteiger partial charge in [0.2, 0.25) is 0 Å². The molecule has 1 saturated carbocycles. The summed E-state index contributed by atoms with van der Waals surface area (Å²) in [6.45, 7) is 2.34. The molecule has 2 aromatic rings. The number of phenols is 1. The molecule has 1 atom stereocenters. The van der Waals surface area contributed by atoms with Crippen molar-refractivity contribution in [2.24, 2.45) is 0 Å². The molecule has 1 amide bonds. The van der Waals surface area contributed by atoms with E-state index in [-0.39, 0.29) is 23.1 Å². The molecule has 0 aromatic heterocycles. The first kappa shape index (κ1) is 21.0. The summed E-state index contributed by atoms with van der Waals surface area (Å²) in [5.41, 5.74) is 1.07. The lowest BCUT2D eigenvalue weighted by molar-refractivity contribution is -0.141. The summed E-state index contributed by atoms with van der Waals surface area (Å²) in [4.78, 5) is 27.9. The minimum Gasteiger partial charge on any atom is -0.508 e. The average molecular weight is 421 g/mol. The lowest BCUT2D eigenvalue weighted by Crippen LogP contribution is -2.40. The second-order valence-corrected chi connectivity index (χ2v) is 8.05. The number of aliphatic hydroxyl groups is 1. The van der Waals surface area contributed by atoms with Crippen LogP contribution in [0.2, 0.25) is 0 Å². The molecular weight excluding hydrogens is 394 g/mol. The minimum absolute atomic E-state index is 0.0464. The Morgan fingerprint density at radius 2 is 1.81 bits per heavy atom. The highest BCUT2D eigenvalue weighted by atomic mass is 16.5. The third-order valence-electron chi connectivity index (χ3n) is 6.05. The topological polar surface area (TPSA) is 87.1 Å². The summed E-state index contributed by atoms with van der Waals surface area (Å²) in [7, 11) is 0. The number of ketones is 1. The second kappa shape index (κ2) is 8.84. The predicted octanol–water partition coefficient (Wildman–Crippen LogP) is 4.55. The fourth-order valence-electron chi connectivity index (χ4n) is 4.66. The Hall–Kier alpha value is -3.28. The molecule has 2 aliphatic rings. The Morgan fingerprint density at radius 3 is 2.52 bits per heavy atom. The van der Waals surface area contributed by atoms with E-state index in [1.807, 2.05) is 6.92 Å². The molecule has 1 aliphatic carbocycles. The van der Waals surface area contributed by atoms with Crippen LogP contribution in [0.15, 0.2) is 54.1 Å². The van der Waals surface area contributed by atoms with E-state index in [2.05, 4.69) is 0 Å². The van der Waals surface area contributed by atoms with Crippen molar-refractivity contribution in [2.75, 3.05) is 6.61 Å². The van der Waals surface area contributed by atoms with Gasteiger partial charge in [0, 0.05) is 11.6 Å². The quantitative estimate of drug-likeness (QED) is 0.420. The van der Waals surface area contributed by atoms with Crippen molar-refractivity contribution in [2.45, 2.75) is 51.1 Å². The van der Waals surface area contributed by atoms with E-state index in [0.29, 0.717) is 23.5 Å². The standard InChI is InChI=1S/C25H27NO5/c1-2-31-20-13-7-9-17(15-20)23(28)21-22(16-8-6-12-19(27)14-16)26(25(30)24(21)29)18-10-4-3-5-11-18/h6-9,12-15,18,22,27-28H,2-5,10-11H2,1H3/b23-21-. The van der Waals surface area contributed by atoms with E-state index in [4.69, 9.17) is 4.74 Å². The molecule has 0 bridgehead atoms. The van der Waals surface area contributed by atoms with Crippen molar-refractivity contribution in [3.05, 3.63) is 65.2 Å². The second-order valence-electron chi connectivity index (χ2n) is 8.05. The van der Waals surface area contributed by atoms with Crippen LogP contribution < -0.4 is 4.74 Å². The van der Waals surface area contributed by atoms with Crippen molar-refractivity contribution in [3.63, 3.8) is 0 Å². The van der Waals surface area contributed by atoms with Gasteiger partial charge in [-0.05, 0) is 49.6 Å². The first-order valence-electron chi connectivity index (χ1n) is 10.8. The minimum atomic E-state index is -0.744.